The Kier molecular flexibility index (Phi) is 9.17. The molecule has 1 aliphatic heterocycles. The van der Waals surface area contributed by atoms with Crippen LogP contribution in [0.1, 0.15) is 39.0 Å². The number of carboxylic acids is 3. The van der Waals surface area contributed by atoms with Gasteiger partial charge in [-0.3, -0.25) is 28.8 Å². The van der Waals surface area contributed by atoms with Crippen LogP contribution in [0.5, 0.6) is 0 Å². The Morgan fingerprint density at radius 2 is 1.70 bits per heavy atom. The number of amides is 3. The quantitative estimate of drug-likeness (QED) is 0.206. The minimum absolute atomic E-state index is 0.173. The van der Waals surface area contributed by atoms with Gasteiger partial charge in [0.1, 0.15) is 18.1 Å². The lowest BCUT2D eigenvalue weighted by atomic mass is 10.1. The molecule has 13 nitrogen and oxygen atoms in total. The third-order valence-corrected chi connectivity index (χ3v) is 4.56. The Balaban J connectivity index is 2.88. The van der Waals surface area contributed by atoms with Crippen molar-refractivity contribution in [3.05, 3.63) is 0 Å². The number of nitrogens with zero attached hydrogens (tertiary/aromatic N) is 1. The number of carbonyl (C=O) groups is 6. The highest BCUT2D eigenvalue weighted by Crippen LogP contribution is 2.19. The Labute approximate surface area is 171 Å². The Morgan fingerprint density at radius 1 is 1.07 bits per heavy atom. The van der Waals surface area contributed by atoms with Crippen LogP contribution in [0.15, 0.2) is 0 Å². The largest absolute Gasteiger partial charge is 0.481 e. The summed E-state index contributed by atoms with van der Waals surface area (Å²) in [5.41, 5.74) is 5.59. The number of nitrogens with two attached hydrogens (primary N) is 1. The molecule has 0 aliphatic carbocycles. The second-order valence-electron chi connectivity index (χ2n) is 6.96. The maximum absolute atomic E-state index is 12.7. The topological polar surface area (TPSA) is 216 Å². The lowest BCUT2D eigenvalue weighted by Crippen LogP contribution is -2.56. The zero-order chi connectivity index (χ0) is 23.0. The highest BCUT2D eigenvalue weighted by Gasteiger charge is 2.38. The van der Waals surface area contributed by atoms with Crippen molar-refractivity contribution in [1.29, 1.82) is 0 Å². The number of rotatable bonds is 11. The molecule has 0 bridgehead atoms. The number of carboxylic acid groups (broad SMARTS) is 3. The van der Waals surface area contributed by atoms with Crippen molar-refractivity contribution in [2.75, 3.05) is 6.54 Å². The minimum Gasteiger partial charge on any atom is -0.481 e. The maximum atomic E-state index is 12.7. The number of nitrogens with one attached hydrogen (secondary N) is 2. The van der Waals surface area contributed by atoms with Crippen LogP contribution in [-0.4, -0.2) is 86.6 Å². The molecule has 0 aromatic rings. The van der Waals surface area contributed by atoms with Crippen LogP contribution in [0.3, 0.4) is 0 Å². The van der Waals surface area contributed by atoms with Crippen molar-refractivity contribution in [3.8, 4) is 0 Å². The maximum Gasteiger partial charge on any atom is 0.325 e. The molecule has 1 heterocycles. The van der Waals surface area contributed by atoms with Gasteiger partial charge in [0.25, 0.3) is 0 Å². The summed E-state index contributed by atoms with van der Waals surface area (Å²) in [7, 11) is 0. The molecular formula is C17H26N4O9. The predicted molar refractivity (Wildman–Crippen MR) is 99.0 cm³/mol. The van der Waals surface area contributed by atoms with Gasteiger partial charge in [-0.15, -0.1) is 0 Å². The summed E-state index contributed by atoms with van der Waals surface area (Å²) in [4.78, 5) is 71.0. The zero-order valence-corrected chi connectivity index (χ0v) is 16.4. The highest BCUT2D eigenvalue weighted by atomic mass is 16.4. The number of hydrogen-bond acceptors (Lipinski definition) is 7. The van der Waals surface area contributed by atoms with E-state index in [1.54, 1.807) is 0 Å². The first-order valence-electron chi connectivity index (χ1n) is 9.27. The van der Waals surface area contributed by atoms with Crippen LogP contribution >= 0.6 is 0 Å². The smallest absolute Gasteiger partial charge is 0.325 e. The van der Waals surface area contributed by atoms with E-state index in [0.717, 1.165) is 4.90 Å². The lowest BCUT2D eigenvalue weighted by molar-refractivity contribution is -0.144. The van der Waals surface area contributed by atoms with Crippen molar-refractivity contribution < 1.29 is 44.1 Å². The third kappa shape index (κ3) is 7.31. The molecule has 1 aliphatic rings. The monoisotopic (exact) mass is 430 g/mol. The third-order valence-electron chi connectivity index (χ3n) is 4.56. The molecular weight excluding hydrogens is 404 g/mol. The highest BCUT2D eigenvalue weighted by molar-refractivity contribution is 5.95. The van der Waals surface area contributed by atoms with Crippen molar-refractivity contribution in [2.45, 2.75) is 63.2 Å². The van der Waals surface area contributed by atoms with Crippen LogP contribution in [-0.2, 0) is 28.8 Å². The van der Waals surface area contributed by atoms with E-state index in [2.05, 4.69) is 10.6 Å². The van der Waals surface area contributed by atoms with E-state index in [1.165, 1.54) is 6.92 Å². The summed E-state index contributed by atoms with van der Waals surface area (Å²) < 4.78 is 0. The molecule has 4 unspecified atom stereocenters. The van der Waals surface area contributed by atoms with Gasteiger partial charge in [0.2, 0.25) is 17.7 Å². The van der Waals surface area contributed by atoms with Crippen LogP contribution in [0.25, 0.3) is 0 Å². The fourth-order valence-electron chi connectivity index (χ4n) is 2.97. The Bertz CT molecular complexity index is 711. The van der Waals surface area contributed by atoms with Crippen molar-refractivity contribution in [3.63, 3.8) is 0 Å². The summed E-state index contributed by atoms with van der Waals surface area (Å²) >= 11 is 0. The molecule has 1 rings (SSSR count). The normalized spacial score (nSPS) is 18.7. The second-order valence-corrected chi connectivity index (χ2v) is 6.96. The number of likely N-dealkylation sites (tertiary alicyclic amines) is 1. The van der Waals surface area contributed by atoms with E-state index in [0.29, 0.717) is 6.42 Å². The van der Waals surface area contributed by atoms with Gasteiger partial charge >= 0.3 is 17.9 Å². The number of carbonyl (C=O) groups excluding carboxylic acids is 3. The van der Waals surface area contributed by atoms with Crippen LogP contribution < -0.4 is 16.4 Å². The van der Waals surface area contributed by atoms with Crippen LogP contribution in [0.4, 0.5) is 0 Å². The Morgan fingerprint density at radius 3 is 2.23 bits per heavy atom. The van der Waals surface area contributed by atoms with Crippen molar-refractivity contribution in [1.82, 2.24) is 15.5 Å². The first-order valence-corrected chi connectivity index (χ1v) is 9.27. The summed E-state index contributed by atoms with van der Waals surface area (Å²) in [6.07, 6.45) is -0.669. The van der Waals surface area contributed by atoms with Gasteiger partial charge in [-0.2, -0.15) is 0 Å². The van der Waals surface area contributed by atoms with E-state index in [-0.39, 0.29) is 19.4 Å². The molecule has 0 spiro atoms. The molecule has 4 atom stereocenters. The van der Waals surface area contributed by atoms with Crippen LogP contribution in [0.2, 0.25) is 0 Å². The van der Waals surface area contributed by atoms with Crippen LogP contribution in [0, 0.1) is 0 Å². The van der Waals surface area contributed by atoms with Gasteiger partial charge < -0.3 is 36.6 Å². The molecule has 7 N–H and O–H groups in total. The molecule has 1 fully saturated rings. The fourth-order valence-corrected chi connectivity index (χ4v) is 2.97. The van der Waals surface area contributed by atoms with Gasteiger partial charge in [-0.25, -0.2) is 0 Å². The van der Waals surface area contributed by atoms with Gasteiger partial charge in [-0.05, 0) is 26.2 Å². The molecule has 0 saturated carbocycles. The Hall–Kier alpha value is -3.22. The molecule has 168 valence electrons. The second kappa shape index (κ2) is 11.1. The average molecular weight is 430 g/mol. The molecule has 0 radical (unpaired) electrons. The van der Waals surface area contributed by atoms with Gasteiger partial charge in [0, 0.05) is 13.0 Å². The molecule has 1 saturated heterocycles. The first-order chi connectivity index (χ1) is 13.9. The van der Waals surface area contributed by atoms with Gasteiger partial charge in [-0.1, -0.05) is 0 Å². The predicted octanol–water partition coefficient (Wildman–Crippen LogP) is -2.28. The molecule has 3 amide bonds. The summed E-state index contributed by atoms with van der Waals surface area (Å²) in [5.74, 6) is -6.14. The first kappa shape index (κ1) is 24.8. The van der Waals surface area contributed by atoms with E-state index in [9.17, 15) is 28.8 Å². The summed E-state index contributed by atoms with van der Waals surface area (Å²) in [6.45, 7) is 1.38. The average Bonchev–Trinajstić information content (AvgIpc) is 3.13. The fraction of sp³-hybridized carbons (Fsp3) is 0.647. The van der Waals surface area contributed by atoms with E-state index < -0.39 is 72.6 Å². The van der Waals surface area contributed by atoms with Gasteiger partial charge in [0.05, 0.1) is 12.5 Å². The van der Waals surface area contributed by atoms with E-state index in [4.69, 9.17) is 21.1 Å². The molecule has 30 heavy (non-hydrogen) atoms. The minimum atomic E-state index is -1.33. The van der Waals surface area contributed by atoms with Crippen molar-refractivity contribution in [2.24, 2.45) is 5.73 Å². The van der Waals surface area contributed by atoms with E-state index in [1.807, 2.05) is 0 Å². The molecule has 0 aromatic heterocycles. The number of hydrogen-bond donors (Lipinski definition) is 6. The summed E-state index contributed by atoms with van der Waals surface area (Å²) in [5, 5.41) is 31.1. The SMILES string of the molecule is CC(NC(=O)C(CCC(=O)O)NC(=O)C1CCCN1C(=O)C(N)CC(=O)O)C(=O)O. The zero-order valence-electron chi connectivity index (χ0n) is 16.4. The summed E-state index contributed by atoms with van der Waals surface area (Å²) in [6, 6.07) is -4.94. The standard InChI is InChI=1S/C17H26N4O9/c1-8(17(29)30)19-14(26)10(4-5-12(22)23)20-15(27)11-3-2-6-21(11)16(28)9(18)7-13(24)25/h8-11H,2-7,18H2,1H3,(H,19,26)(H,20,27)(H,22,23)(H,24,25)(H,29,30). The molecule has 0 aromatic carbocycles. The van der Waals surface area contributed by atoms with Crippen molar-refractivity contribution >= 4 is 35.6 Å². The molecule has 13 heteroatoms. The van der Waals surface area contributed by atoms with E-state index >= 15 is 0 Å². The lowest BCUT2D eigenvalue weighted by Gasteiger charge is -2.28. The number of aliphatic carboxylic acids is 3. The van der Waals surface area contributed by atoms with Gasteiger partial charge in [0.15, 0.2) is 0 Å².